The number of hydrogen-bond donors (Lipinski definition) is 1. The molecule has 0 amide bonds. The van der Waals surface area contributed by atoms with Crippen molar-refractivity contribution in [1.29, 1.82) is 0 Å². The van der Waals surface area contributed by atoms with Crippen LogP contribution in [0.1, 0.15) is 25.0 Å². The molecule has 0 aliphatic carbocycles. The van der Waals surface area contributed by atoms with E-state index in [9.17, 15) is 0 Å². The first-order valence-corrected chi connectivity index (χ1v) is 5.83. The van der Waals surface area contributed by atoms with Gasteiger partial charge >= 0.3 is 0 Å². The summed E-state index contributed by atoms with van der Waals surface area (Å²) in [7, 11) is 0. The lowest BCUT2D eigenvalue weighted by Gasteiger charge is -2.04. The van der Waals surface area contributed by atoms with Crippen molar-refractivity contribution in [2.45, 2.75) is 32.2 Å². The third-order valence-corrected chi connectivity index (χ3v) is 3.40. The van der Waals surface area contributed by atoms with E-state index in [0.717, 1.165) is 28.6 Å². The van der Waals surface area contributed by atoms with E-state index in [2.05, 4.69) is 20.6 Å². The summed E-state index contributed by atoms with van der Waals surface area (Å²) < 4.78 is 3.06. The first kappa shape index (κ1) is 9.09. The second kappa shape index (κ2) is 3.45. The van der Waals surface area contributed by atoms with Crippen molar-refractivity contribution in [3.8, 4) is 0 Å². The van der Waals surface area contributed by atoms with Crippen molar-refractivity contribution in [1.82, 2.24) is 14.5 Å². The molecule has 0 bridgehead atoms. The SMILES string of the molecule is S=c1nc[nH]c2cc3n(c12)CCCCC3. The topological polar surface area (TPSA) is 33.6 Å². The molecule has 0 fully saturated rings. The Morgan fingerprint density at radius 3 is 3.20 bits per heavy atom. The van der Waals surface area contributed by atoms with Crippen molar-refractivity contribution < 1.29 is 0 Å². The largest absolute Gasteiger partial charge is 0.344 e. The van der Waals surface area contributed by atoms with Gasteiger partial charge in [0.25, 0.3) is 0 Å². The van der Waals surface area contributed by atoms with Crippen LogP contribution in [0.2, 0.25) is 0 Å². The maximum Gasteiger partial charge on any atom is 0.153 e. The summed E-state index contributed by atoms with van der Waals surface area (Å²) in [6.07, 6.45) is 6.71. The number of aromatic amines is 1. The van der Waals surface area contributed by atoms with Crippen LogP contribution in [0.25, 0.3) is 11.0 Å². The van der Waals surface area contributed by atoms with Crippen LogP contribution in [-0.2, 0) is 13.0 Å². The van der Waals surface area contributed by atoms with Crippen molar-refractivity contribution in [3.63, 3.8) is 0 Å². The summed E-state index contributed by atoms with van der Waals surface area (Å²) in [5, 5.41) is 0. The lowest BCUT2D eigenvalue weighted by atomic mass is 10.2. The van der Waals surface area contributed by atoms with E-state index in [0.29, 0.717) is 0 Å². The molecule has 0 spiro atoms. The molecule has 1 aliphatic heterocycles. The smallest absolute Gasteiger partial charge is 0.153 e. The molecule has 0 saturated heterocycles. The van der Waals surface area contributed by atoms with Gasteiger partial charge < -0.3 is 9.55 Å². The quantitative estimate of drug-likeness (QED) is 0.691. The standard InChI is InChI=1S/C11H13N3S/c15-11-10-9(12-7-13-11)6-8-4-2-1-3-5-14(8)10/h6-7H,1-5H2,(H,12,13,15). The van der Waals surface area contributed by atoms with Gasteiger partial charge in [0.15, 0.2) is 4.64 Å². The molecular formula is C11H13N3S. The molecule has 1 N–H and O–H groups in total. The highest BCUT2D eigenvalue weighted by Crippen LogP contribution is 2.23. The Bertz CT molecular complexity index is 552. The zero-order valence-electron chi connectivity index (χ0n) is 8.49. The fourth-order valence-electron chi connectivity index (χ4n) is 2.38. The highest BCUT2D eigenvalue weighted by Gasteiger charge is 2.12. The molecule has 2 aromatic rings. The molecule has 0 saturated carbocycles. The van der Waals surface area contributed by atoms with Crippen molar-refractivity contribution in [2.24, 2.45) is 0 Å². The zero-order valence-corrected chi connectivity index (χ0v) is 9.31. The maximum absolute atomic E-state index is 5.29. The van der Waals surface area contributed by atoms with E-state index in [1.165, 1.54) is 25.0 Å². The van der Waals surface area contributed by atoms with E-state index < -0.39 is 0 Å². The summed E-state index contributed by atoms with van der Waals surface area (Å²) in [6.45, 7) is 1.09. The fraction of sp³-hybridized carbons (Fsp3) is 0.455. The molecule has 0 atom stereocenters. The van der Waals surface area contributed by atoms with Crippen LogP contribution < -0.4 is 0 Å². The second-order valence-corrected chi connectivity index (χ2v) is 4.45. The summed E-state index contributed by atoms with van der Waals surface area (Å²) in [4.78, 5) is 7.33. The van der Waals surface area contributed by atoms with Gasteiger partial charge in [0.05, 0.1) is 11.8 Å². The van der Waals surface area contributed by atoms with E-state index in [-0.39, 0.29) is 0 Å². The molecular weight excluding hydrogens is 206 g/mol. The number of fused-ring (bicyclic) bond motifs is 3. The lowest BCUT2D eigenvalue weighted by molar-refractivity contribution is 0.647. The number of aromatic nitrogens is 3. The molecule has 2 aromatic heterocycles. The number of H-pyrrole nitrogens is 1. The van der Waals surface area contributed by atoms with Gasteiger partial charge in [0.1, 0.15) is 5.52 Å². The van der Waals surface area contributed by atoms with Crippen LogP contribution in [0, 0.1) is 4.64 Å². The van der Waals surface area contributed by atoms with Gasteiger partial charge in [-0.3, -0.25) is 0 Å². The Balaban J connectivity index is 2.34. The van der Waals surface area contributed by atoms with Crippen LogP contribution in [0.3, 0.4) is 0 Å². The van der Waals surface area contributed by atoms with Gasteiger partial charge in [-0.1, -0.05) is 18.6 Å². The second-order valence-electron chi connectivity index (χ2n) is 4.07. The number of hydrogen-bond acceptors (Lipinski definition) is 2. The monoisotopic (exact) mass is 219 g/mol. The molecule has 0 unspecified atom stereocenters. The minimum atomic E-state index is 0.719. The lowest BCUT2D eigenvalue weighted by Crippen LogP contribution is -2.00. The van der Waals surface area contributed by atoms with Gasteiger partial charge in [-0.2, -0.15) is 0 Å². The predicted molar refractivity (Wildman–Crippen MR) is 62.5 cm³/mol. The third kappa shape index (κ3) is 1.40. The summed E-state index contributed by atoms with van der Waals surface area (Å²) in [5.74, 6) is 0. The van der Waals surface area contributed by atoms with Gasteiger partial charge in [-0.15, -0.1) is 0 Å². The van der Waals surface area contributed by atoms with Crippen LogP contribution >= 0.6 is 12.2 Å². The number of nitrogens with zero attached hydrogens (tertiary/aromatic N) is 2. The Kier molecular flexibility index (Phi) is 2.09. The molecule has 4 heteroatoms. The summed E-state index contributed by atoms with van der Waals surface area (Å²) in [5.41, 5.74) is 3.65. The fourth-order valence-corrected chi connectivity index (χ4v) is 2.65. The van der Waals surface area contributed by atoms with Gasteiger partial charge in [-0.05, 0) is 25.3 Å². The minimum Gasteiger partial charge on any atom is -0.344 e. The Morgan fingerprint density at radius 2 is 2.27 bits per heavy atom. The van der Waals surface area contributed by atoms with Gasteiger partial charge in [0.2, 0.25) is 0 Å². The first-order valence-electron chi connectivity index (χ1n) is 5.42. The molecule has 0 radical (unpaired) electrons. The Morgan fingerprint density at radius 1 is 1.33 bits per heavy atom. The van der Waals surface area contributed by atoms with Crippen LogP contribution in [-0.4, -0.2) is 14.5 Å². The van der Waals surface area contributed by atoms with E-state index in [1.807, 2.05) is 0 Å². The Hall–Kier alpha value is -1.16. The molecule has 0 aromatic carbocycles. The molecule has 3 rings (SSSR count). The minimum absolute atomic E-state index is 0.719. The van der Waals surface area contributed by atoms with Crippen LogP contribution in [0.15, 0.2) is 12.4 Å². The average molecular weight is 219 g/mol. The number of rotatable bonds is 0. The molecule has 3 nitrogen and oxygen atoms in total. The number of nitrogens with one attached hydrogen (secondary N) is 1. The third-order valence-electron chi connectivity index (χ3n) is 3.10. The van der Waals surface area contributed by atoms with Gasteiger partial charge in [0, 0.05) is 12.2 Å². The van der Waals surface area contributed by atoms with Crippen molar-refractivity contribution in [2.75, 3.05) is 0 Å². The summed E-state index contributed by atoms with van der Waals surface area (Å²) >= 11 is 5.29. The maximum atomic E-state index is 5.29. The van der Waals surface area contributed by atoms with Crippen LogP contribution in [0.5, 0.6) is 0 Å². The van der Waals surface area contributed by atoms with E-state index in [4.69, 9.17) is 12.2 Å². The van der Waals surface area contributed by atoms with Crippen molar-refractivity contribution in [3.05, 3.63) is 22.7 Å². The zero-order chi connectivity index (χ0) is 10.3. The normalized spacial score (nSPS) is 16.3. The molecule has 78 valence electrons. The highest BCUT2D eigenvalue weighted by molar-refractivity contribution is 7.71. The highest BCUT2D eigenvalue weighted by atomic mass is 32.1. The molecule has 3 heterocycles. The molecule has 15 heavy (non-hydrogen) atoms. The van der Waals surface area contributed by atoms with E-state index >= 15 is 0 Å². The average Bonchev–Trinajstić information content (AvgIpc) is 2.43. The predicted octanol–water partition coefficient (Wildman–Crippen LogP) is 2.82. The van der Waals surface area contributed by atoms with Crippen molar-refractivity contribution >= 4 is 23.3 Å². The first-order chi connectivity index (χ1) is 7.36. The Labute approximate surface area is 93.1 Å². The van der Waals surface area contributed by atoms with Gasteiger partial charge in [-0.25, -0.2) is 4.98 Å². The molecule has 1 aliphatic rings. The van der Waals surface area contributed by atoms with Crippen LogP contribution in [0.4, 0.5) is 0 Å². The summed E-state index contributed by atoms with van der Waals surface area (Å²) in [6, 6.07) is 2.22. The van der Waals surface area contributed by atoms with E-state index in [1.54, 1.807) is 6.33 Å². The number of aryl methyl sites for hydroxylation is 2.